The summed E-state index contributed by atoms with van der Waals surface area (Å²) >= 11 is 0. The van der Waals surface area contributed by atoms with Crippen LogP contribution in [-0.4, -0.2) is 46.8 Å². The maximum atomic E-state index is 12.3. The van der Waals surface area contributed by atoms with Crippen LogP contribution in [0.2, 0.25) is 0 Å². The number of carbonyl (C=O) groups excluding carboxylic acids is 1. The fourth-order valence-electron chi connectivity index (χ4n) is 2.92. The highest BCUT2D eigenvalue weighted by molar-refractivity contribution is 5.95. The molecule has 0 radical (unpaired) electrons. The van der Waals surface area contributed by atoms with E-state index in [9.17, 15) is 9.59 Å². The van der Waals surface area contributed by atoms with E-state index in [0.29, 0.717) is 35.4 Å². The van der Waals surface area contributed by atoms with Crippen LogP contribution in [0, 0.1) is 6.92 Å². The van der Waals surface area contributed by atoms with Crippen LogP contribution in [0.25, 0.3) is 0 Å². The third-order valence-corrected chi connectivity index (χ3v) is 4.56. The molecular weight excluding hydrogens is 436 g/mol. The van der Waals surface area contributed by atoms with E-state index in [0.717, 1.165) is 11.3 Å². The number of rotatable bonds is 11. The lowest BCUT2D eigenvalue weighted by Crippen LogP contribution is -2.33. The standard InChI is InChI=1S/C24H26N6O4/c1-3-13-34-19-8-7-16(2)20(15-19)29-21-9-10-26-23(30-21)28-18-6-4-5-17(14-18)22(31)25-11-12-27-24(32)33/h3-10,14-15,27H,1,11-13H2,2H3,(H,25,31)(H,32,33)(H2,26,28,29,30). The highest BCUT2D eigenvalue weighted by Crippen LogP contribution is 2.25. The summed E-state index contributed by atoms with van der Waals surface area (Å²) < 4.78 is 5.60. The molecule has 0 aliphatic carbocycles. The van der Waals surface area contributed by atoms with Gasteiger partial charge in [0.05, 0.1) is 0 Å². The fraction of sp³-hybridized carbons (Fsp3) is 0.167. The molecule has 0 fully saturated rings. The molecule has 2 aromatic carbocycles. The number of benzene rings is 2. The van der Waals surface area contributed by atoms with Crippen LogP contribution in [0.4, 0.5) is 27.9 Å². The minimum atomic E-state index is -1.14. The first-order chi connectivity index (χ1) is 16.4. The fourth-order valence-corrected chi connectivity index (χ4v) is 2.92. The van der Waals surface area contributed by atoms with Gasteiger partial charge in [-0.15, -0.1) is 0 Å². The quantitative estimate of drug-likeness (QED) is 0.214. The van der Waals surface area contributed by atoms with Gasteiger partial charge in [0, 0.05) is 42.3 Å². The smallest absolute Gasteiger partial charge is 0.404 e. The normalized spacial score (nSPS) is 10.1. The van der Waals surface area contributed by atoms with Crippen molar-refractivity contribution in [3.63, 3.8) is 0 Å². The number of carboxylic acid groups (broad SMARTS) is 1. The molecule has 0 saturated carbocycles. The lowest BCUT2D eigenvalue weighted by molar-refractivity contribution is 0.0953. The number of aromatic nitrogens is 2. The van der Waals surface area contributed by atoms with Gasteiger partial charge in [0.25, 0.3) is 5.91 Å². The maximum absolute atomic E-state index is 12.3. The second-order valence-electron chi connectivity index (χ2n) is 7.16. The van der Waals surface area contributed by atoms with E-state index in [1.807, 2.05) is 25.1 Å². The zero-order valence-corrected chi connectivity index (χ0v) is 18.7. The van der Waals surface area contributed by atoms with Crippen LogP contribution in [0.5, 0.6) is 5.75 Å². The van der Waals surface area contributed by atoms with E-state index in [4.69, 9.17) is 9.84 Å². The Balaban J connectivity index is 1.66. The second-order valence-corrected chi connectivity index (χ2v) is 7.16. The van der Waals surface area contributed by atoms with Crippen LogP contribution < -0.4 is 26.0 Å². The summed E-state index contributed by atoms with van der Waals surface area (Å²) in [6.45, 7) is 6.35. The van der Waals surface area contributed by atoms with Crippen LogP contribution in [-0.2, 0) is 0 Å². The SMILES string of the molecule is C=CCOc1ccc(C)c(Nc2ccnc(Nc3cccc(C(=O)NCCNC(=O)O)c3)n2)c1. The van der Waals surface area contributed by atoms with E-state index in [2.05, 4.69) is 37.8 Å². The number of nitrogens with zero attached hydrogens (tertiary/aromatic N) is 2. The molecule has 0 saturated heterocycles. The predicted molar refractivity (Wildman–Crippen MR) is 130 cm³/mol. The van der Waals surface area contributed by atoms with Crippen molar-refractivity contribution in [1.29, 1.82) is 0 Å². The summed E-state index contributed by atoms with van der Waals surface area (Å²) in [5.74, 6) is 1.33. The number of amides is 2. The first-order valence-corrected chi connectivity index (χ1v) is 10.5. The summed E-state index contributed by atoms with van der Waals surface area (Å²) in [5, 5.41) is 19.8. The van der Waals surface area contributed by atoms with Gasteiger partial charge in [-0.3, -0.25) is 4.79 Å². The van der Waals surface area contributed by atoms with E-state index in [1.54, 1.807) is 42.6 Å². The van der Waals surface area contributed by atoms with Crippen LogP contribution in [0.15, 0.2) is 67.4 Å². The molecule has 0 bridgehead atoms. The number of carbonyl (C=O) groups is 2. The van der Waals surface area contributed by atoms with Crippen LogP contribution >= 0.6 is 0 Å². The van der Waals surface area contributed by atoms with Gasteiger partial charge in [-0.25, -0.2) is 9.78 Å². The lowest BCUT2D eigenvalue weighted by atomic mass is 10.2. The maximum Gasteiger partial charge on any atom is 0.404 e. The number of nitrogens with one attached hydrogen (secondary N) is 4. The van der Waals surface area contributed by atoms with Crippen molar-refractivity contribution in [2.75, 3.05) is 30.3 Å². The minimum Gasteiger partial charge on any atom is -0.489 e. The summed E-state index contributed by atoms with van der Waals surface area (Å²) in [6, 6.07) is 14.3. The van der Waals surface area contributed by atoms with Gasteiger partial charge in [0.1, 0.15) is 18.2 Å². The Morgan fingerprint density at radius 3 is 2.71 bits per heavy atom. The number of hydrogen-bond donors (Lipinski definition) is 5. The average Bonchev–Trinajstić information content (AvgIpc) is 2.82. The molecule has 34 heavy (non-hydrogen) atoms. The number of aryl methyl sites for hydroxylation is 1. The topological polar surface area (TPSA) is 138 Å². The van der Waals surface area contributed by atoms with Gasteiger partial charge >= 0.3 is 6.09 Å². The Morgan fingerprint density at radius 2 is 1.91 bits per heavy atom. The molecule has 0 aliphatic heterocycles. The van der Waals surface area contributed by atoms with E-state index in [1.165, 1.54) is 0 Å². The van der Waals surface area contributed by atoms with Crippen molar-refractivity contribution < 1.29 is 19.4 Å². The van der Waals surface area contributed by atoms with Crippen molar-refractivity contribution in [3.05, 3.63) is 78.5 Å². The van der Waals surface area contributed by atoms with Crippen molar-refractivity contribution in [3.8, 4) is 5.75 Å². The highest BCUT2D eigenvalue weighted by Gasteiger charge is 2.08. The minimum absolute atomic E-state index is 0.120. The number of hydrogen-bond acceptors (Lipinski definition) is 7. The monoisotopic (exact) mass is 462 g/mol. The van der Waals surface area contributed by atoms with Gasteiger partial charge in [0.2, 0.25) is 5.95 Å². The molecule has 1 heterocycles. The largest absolute Gasteiger partial charge is 0.489 e. The molecule has 3 aromatic rings. The number of ether oxygens (including phenoxy) is 1. The summed E-state index contributed by atoms with van der Waals surface area (Å²) in [6.07, 6.45) is 2.17. The van der Waals surface area contributed by atoms with Gasteiger partial charge in [-0.05, 0) is 42.8 Å². The molecule has 5 N–H and O–H groups in total. The molecule has 2 amide bonds. The molecule has 176 valence electrons. The third kappa shape index (κ3) is 7.23. The first-order valence-electron chi connectivity index (χ1n) is 10.5. The zero-order chi connectivity index (χ0) is 24.3. The van der Waals surface area contributed by atoms with Gasteiger partial charge in [0.15, 0.2) is 0 Å². The van der Waals surface area contributed by atoms with Crippen molar-refractivity contribution >= 4 is 35.1 Å². The molecule has 0 aliphatic rings. The molecule has 10 heteroatoms. The molecule has 0 unspecified atom stereocenters. The Kier molecular flexibility index (Phi) is 8.39. The van der Waals surface area contributed by atoms with E-state index >= 15 is 0 Å². The summed E-state index contributed by atoms with van der Waals surface area (Å²) in [4.78, 5) is 31.5. The average molecular weight is 463 g/mol. The molecular formula is C24H26N6O4. The van der Waals surface area contributed by atoms with Crippen LogP contribution in [0.1, 0.15) is 15.9 Å². The lowest BCUT2D eigenvalue weighted by Gasteiger charge is -2.12. The van der Waals surface area contributed by atoms with E-state index in [-0.39, 0.29) is 19.0 Å². The molecule has 3 rings (SSSR count). The van der Waals surface area contributed by atoms with Gasteiger partial charge in [-0.2, -0.15) is 4.98 Å². The molecule has 1 aromatic heterocycles. The Hall–Kier alpha value is -4.60. The van der Waals surface area contributed by atoms with Gasteiger partial charge < -0.3 is 31.1 Å². The Labute approximate surface area is 197 Å². The van der Waals surface area contributed by atoms with E-state index < -0.39 is 6.09 Å². The van der Waals surface area contributed by atoms with Gasteiger partial charge in [-0.1, -0.05) is 24.8 Å². The zero-order valence-electron chi connectivity index (χ0n) is 18.7. The predicted octanol–water partition coefficient (Wildman–Crippen LogP) is 3.83. The first kappa shape index (κ1) is 24.1. The Bertz CT molecular complexity index is 1170. The third-order valence-electron chi connectivity index (χ3n) is 4.56. The molecule has 0 atom stereocenters. The summed E-state index contributed by atoms with van der Waals surface area (Å²) in [5.41, 5.74) is 2.92. The number of anilines is 4. The molecule has 0 spiro atoms. The summed E-state index contributed by atoms with van der Waals surface area (Å²) in [7, 11) is 0. The Morgan fingerprint density at radius 1 is 1.09 bits per heavy atom. The second kappa shape index (κ2) is 11.9. The van der Waals surface area contributed by atoms with Crippen LogP contribution in [0.3, 0.4) is 0 Å². The highest BCUT2D eigenvalue weighted by atomic mass is 16.5. The van der Waals surface area contributed by atoms with Crippen molar-refractivity contribution in [2.45, 2.75) is 6.92 Å². The van der Waals surface area contributed by atoms with Crippen molar-refractivity contribution in [2.24, 2.45) is 0 Å². The van der Waals surface area contributed by atoms with Crippen molar-refractivity contribution in [1.82, 2.24) is 20.6 Å². The molecule has 10 nitrogen and oxygen atoms in total.